The molecule has 0 bridgehead atoms. The number of amides is 2. The van der Waals surface area contributed by atoms with Crippen LogP contribution in [-0.4, -0.2) is 90.0 Å². The second kappa shape index (κ2) is 26.0. The molecule has 0 spiro atoms. The van der Waals surface area contributed by atoms with Crippen molar-refractivity contribution in [2.24, 2.45) is 34.5 Å². The highest BCUT2D eigenvalue weighted by Gasteiger charge is 2.40. The first-order valence-electron chi connectivity index (χ1n) is 25.4. The number of carboxylic acids is 2. The molecule has 2 aromatic rings. The predicted octanol–water partition coefficient (Wildman–Crippen LogP) is 13.9. The van der Waals surface area contributed by atoms with Gasteiger partial charge >= 0.3 is 11.9 Å². The van der Waals surface area contributed by atoms with E-state index in [1.54, 1.807) is 35.3 Å². The fourth-order valence-corrected chi connectivity index (χ4v) is 12.1. The van der Waals surface area contributed by atoms with Gasteiger partial charge in [-0.05, 0) is 168 Å². The first-order valence-corrected chi connectivity index (χ1v) is 33.1. The SMILES string of the molecule is CC1CCC(C(=O)N(c2cc(C#CC(C)(C)C)sc2C(=O)O)C2CCC(O)CC2)CC1.CC1CCC(C(=O)N(c2cc(C#CC(C)(C)C)sc2C(=O)O)C2CCC(OP(C)(C)=O)CC2)CC1.CP(C)(=O)Cl. The summed E-state index contributed by atoms with van der Waals surface area (Å²) in [4.78, 5) is 57.3. The van der Waals surface area contributed by atoms with Crippen LogP contribution in [0.25, 0.3) is 0 Å². The van der Waals surface area contributed by atoms with Crippen LogP contribution in [0.1, 0.15) is 187 Å². The van der Waals surface area contributed by atoms with E-state index in [1.807, 2.05) is 41.5 Å². The molecule has 0 radical (unpaired) electrons. The number of nitrogens with zero attached hydrogens (tertiary/aromatic N) is 2. The van der Waals surface area contributed by atoms with Gasteiger partial charge in [-0.1, -0.05) is 48.8 Å². The highest BCUT2D eigenvalue weighted by molar-refractivity contribution is 7.88. The molecule has 0 atom stereocenters. The molecule has 4 aliphatic carbocycles. The fourth-order valence-electron chi connectivity index (χ4n) is 9.53. The minimum absolute atomic E-state index is 0.0357. The van der Waals surface area contributed by atoms with E-state index in [4.69, 9.17) is 15.8 Å². The lowest BCUT2D eigenvalue weighted by Crippen LogP contribution is -2.47. The highest BCUT2D eigenvalue weighted by Crippen LogP contribution is 2.45. The van der Waals surface area contributed by atoms with E-state index in [2.05, 4.69) is 37.5 Å². The maximum Gasteiger partial charge on any atom is 0.348 e. The van der Waals surface area contributed by atoms with Gasteiger partial charge in [0.2, 0.25) is 11.8 Å². The number of thiophene rings is 2. The molecule has 3 N–H and O–H groups in total. The molecular weight excluding hydrogens is 998 g/mol. The number of rotatable bonds is 10. The van der Waals surface area contributed by atoms with Gasteiger partial charge in [0.25, 0.3) is 0 Å². The minimum atomic E-state index is -2.59. The third kappa shape index (κ3) is 20.4. The Morgan fingerprint density at radius 1 is 0.606 bits per heavy atom. The first-order chi connectivity index (χ1) is 32.8. The minimum Gasteiger partial charge on any atom is -0.477 e. The van der Waals surface area contributed by atoms with Gasteiger partial charge in [0.15, 0.2) is 13.9 Å². The fraction of sp³-hybridized carbons (Fsp3) is 0.704. The van der Waals surface area contributed by atoms with Crippen molar-refractivity contribution < 1.29 is 48.2 Å². The van der Waals surface area contributed by atoms with Crippen molar-refractivity contribution in [1.82, 2.24) is 0 Å². The summed E-state index contributed by atoms with van der Waals surface area (Å²) in [5, 5.41) is 29.9. The molecule has 2 aromatic heterocycles. The summed E-state index contributed by atoms with van der Waals surface area (Å²) in [7, 11) is -2.59. The van der Waals surface area contributed by atoms with Crippen LogP contribution in [0.3, 0.4) is 0 Å². The molecule has 12 nitrogen and oxygen atoms in total. The molecule has 71 heavy (non-hydrogen) atoms. The third-order valence-corrected chi connectivity index (χ3v) is 16.0. The summed E-state index contributed by atoms with van der Waals surface area (Å²) in [5.41, 5.74) is 0.561. The zero-order chi connectivity index (χ0) is 53.2. The van der Waals surface area contributed by atoms with Gasteiger partial charge in [0.1, 0.15) is 9.75 Å². The number of carbonyl (C=O) groups excluding carboxylic acids is 2. The van der Waals surface area contributed by atoms with Crippen LogP contribution in [0.2, 0.25) is 0 Å². The van der Waals surface area contributed by atoms with E-state index in [9.17, 15) is 43.6 Å². The summed E-state index contributed by atoms with van der Waals surface area (Å²) in [6, 6.07) is 3.41. The van der Waals surface area contributed by atoms with Crippen LogP contribution in [0.5, 0.6) is 0 Å². The standard InChI is InChI=1S/C27H40NO5PS.C25H35NO4S.C2H6ClOP/c1-18-7-9-19(10-8-18)25(29)28(20-11-13-21(14-12-20)33-34(5,6)32)23-17-22(15-16-27(2,3)4)35-24(23)26(30)31;1-16-5-7-17(8-6-16)23(28)26(18-9-11-19(27)12-10-18)21-15-20(13-14-25(2,3)4)31-22(21)24(29)30;1-5(2,3)4/h17-21H,7-14H2,1-6H3,(H,30,31);15-19,27H,5-12H2,1-4H3,(H,29,30);1-2H3. The molecule has 4 fully saturated rings. The van der Waals surface area contributed by atoms with Crippen LogP contribution in [0, 0.1) is 58.2 Å². The Morgan fingerprint density at radius 3 is 1.23 bits per heavy atom. The number of carboxylic acid groups (broad SMARTS) is 2. The van der Waals surface area contributed by atoms with Gasteiger partial charge in [0.05, 0.1) is 33.3 Å². The summed E-state index contributed by atoms with van der Waals surface area (Å²) in [6.45, 7) is 20.6. The van der Waals surface area contributed by atoms with Crippen LogP contribution >= 0.6 is 47.8 Å². The third-order valence-electron chi connectivity index (χ3n) is 13.1. The number of hydrogen-bond donors (Lipinski definition) is 3. The number of halogens is 1. The maximum atomic E-state index is 13.9. The molecule has 2 heterocycles. The van der Waals surface area contributed by atoms with Crippen molar-refractivity contribution in [3.05, 3.63) is 31.6 Å². The molecule has 4 saturated carbocycles. The Labute approximate surface area is 437 Å². The molecule has 4 aliphatic rings. The average Bonchev–Trinajstić information content (AvgIpc) is 3.88. The Hall–Kier alpha value is -2.93. The summed E-state index contributed by atoms with van der Waals surface area (Å²) >= 11 is 7.38. The van der Waals surface area contributed by atoms with E-state index < -0.39 is 25.8 Å². The Bertz CT molecular complexity index is 2360. The zero-order valence-corrected chi connectivity index (χ0v) is 48.4. The van der Waals surface area contributed by atoms with Crippen molar-refractivity contribution in [3.63, 3.8) is 0 Å². The van der Waals surface area contributed by atoms with E-state index in [1.165, 1.54) is 13.3 Å². The Balaban J connectivity index is 0.000000283. The Morgan fingerprint density at radius 2 is 0.930 bits per heavy atom. The average molecular weight is 1080 g/mol. The second-order valence-electron chi connectivity index (χ2n) is 23.1. The number of anilines is 2. The molecule has 0 aromatic carbocycles. The second-order valence-corrected chi connectivity index (χ2v) is 32.8. The zero-order valence-electron chi connectivity index (χ0n) is 44.3. The van der Waals surface area contributed by atoms with Crippen molar-refractivity contribution in [3.8, 4) is 23.7 Å². The van der Waals surface area contributed by atoms with Crippen LogP contribution in [-0.2, 0) is 23.2 Å². The number of aliphatic hydroxyl groups is 1. The van der Waals surface area contributed by atoms with Crippen molar-refractivity contribution in [1.29, 1.82) is 0 Å². The monoisotopic (exact) mass is 1080 g/mol. The molecule has 6 rings (SSSR count). The summed E-state index contributed by atoms with van der Waals surface area (Å²) in [6.07, 6.45) is 12.5. The number of aliphatic hydroxyl groups excluding tert-OH is 1. The number of carbonyl (C=O) groups is 4. The van der Waals surface area contributed by atoms with E-state index in [0.29, 0.717) is 84.3 Å². The van der Waals surface area contributed by atoms with Gasteiger partial charge < -0.3 is 34.2 Å². The lowest BCUT2D eigenvalue weighted by atomic mass is 9.81. The van der Waals surface area contributed by atoms with Crippen molar-refractivity contribution in [2.45, 2.75) is 182 Å². The van der Waals surface area contributed by atoms with E-state index >= 15 is 0 Å². The molecule has 0 aliphatic heterocycles. The molecular formula is C54H81ClN2O10P2S2. The molecule has 17 heteroatoms. The van der Waals surface area contributed by atoms with Gasteiger partial charge in [-0.2, -0.15) is 0 Å². The van der Waals surface area contributed by atoms with E-state index in [-0.39, 0.29) is 68.5 Å². The highest BCUT2D eigenvalue weighted by atomic mass is 35.7. The molecule has 2 amide bonds. The molecule has 0 unspecified atom stereocenters. The smallest absolute Gasteiger partial charge is 0.348 e. The van der Waals surface area contributed by atoms with Gasteiger partial charge in [-0.3, -0.25) is 14.2 Å². The molecule has 0 saturated heterocycles. The normalized spacial score (nSPS) is 25.0. The lowest BCUT2D eigenvalue weighted by molar-refractivity contribution is -0.125. The van der Waals surface area contributed by atoms with E-state index in [0.717, 1.165) is 74.0 Å². The maximum absolute atomic E-state index is 13.9. The van der Waals surface area contributed by atoms with Crippen molar-refractivity contribution in [2.75, 3.05) is 36.5 Å². The van der Waals surface area contributed by atoms with Crippen LogP contribution in [0.15, 0.2) is 12.1 Å². The number of aromatic carboxylic acids is 2. The Kier molecular flexibility index (Phi) is 22.2. The first kappa shape index (κ1) is 60.6. The van der Waals surface area contributed by atoms with Crippen LogP contribution < -0.4 is 9.80 Å². The predicted molar refractivity (Wildman–Crippen MR) is 293 cm³/mol. The quantitative estimate of drug-likeness (QED) is 0.153. The van der Waals surface area contributed by atoms with Gasteiger partial charge in [-0.25, -0.2) is 9.59 Å². The largest absolute Gasteiger partial charge is 0.477 e. The number of hydrogen-bond acceptors (Lipinski definition) is 10. The van der Waals surface area contributed by atoms with Gasteiger partial charge in [0, 0.05) is 61.4 Å². The van der Waals surface area contributed by atoms with Crippen LogP contribution in [0.4, 0.5) is 11.4 Å². The van der Waals surface area contributed by atoms with Gasteiger partial charge in [-0.15, -0.1) is 22.7 Å². The molecule has 396 valence electrons. The summed E-state index contributed by atoms with van der Waals surface area (Å²) < 4.78 is 27.9. The summed E-state index contributed by atoms with van der Waals surface area (Å²) in [5.74, 6) is 11.7. The topological polar surface area (TPSA) is 179 Å². The lowest BCUT2D eigenvalue weighted by Gasteiger charge is -2.39. The van der Waals surface area contributed by atoms with Crippen molar-refractivity contribution >= 4 is 82.9 Å².